The molecule has 0 aliphatic carbocycles. The Kier molecular flexibility index (Phi) is 3.05. The highest BCUT2D eigenvalue weighted by molar-refractivity contribution is 5.93. The van der Waals surface area contributed by atoms with Crippen LogP contribution >= 0.6 is 0 Å². The molecule has 0 saturated carbocycles. The molecule has 1 fully saturated rings. The van der Waals surface area contributed by atoms with Gasteiger partial charge in [-0.15, -0.1) is 0 Å². The predicted octanol–water partition coefficient (Wildman–Crippen LogP) is -0.0618. The predicted molar refractivity (Wildman–Crippen MR) is 60.2 cm³/mol. The minimum absolute atomic E-state index is 0.0635. The third-order valence-electron chi connectivity index (χ3n) is 2.78. The van der Waals surface area contributed by atoms with E-state index in [4.69, 9.17) is 5.73 Å². The lowest BCUT2D eigenvalue weighted by Crippen LogP contribution is -2.45. The second kappa shape index (κ2) is 4.49. The fraction of sp³-hybridized carbons (Fsp3) is 0.455. The van der Waals surface area contributed by atoms with Crippen molar-refractivity contribution in [3.8, 4) is 0 Å². The van der Waals surface area contributed by atoms with Gasteiger partial charge in [-0.3, -0.25) is 9.59 Å². The van der Waals surface area contributed by atoms with Crippen LogP contribution in [-0.4, -0.2) is 34.9 Å². The number of piperidine rings is 1. The summed E-state index contributed by atoms with van der Waals surface area (Å²) >= 11 is 0. The van der Waals surface area contributed by atoms with E-state index in [1.165, 1.54) is 12.3 Å². The molecule has 5 nitrogen and oxygen atoms in total. The first-order chi connectivity index (χ1) is 7.66. The second-order valence-electron chi connectivity index (χ2n) is 4.10. The van der Waals surface area contributed by atoms with Crippen molar-refractivity contribution in [2.45, 2.75) is 18.9 Å². The van der Waals surface area contributed by atoms with Crippen molar-refractivity contribution in [3.05, 3.63) is 34.2 Å². The fourth-order valence-corrected chi connectivity index (χ4v) is 1.92. The first kappa shape index (κ1) is 10.9. The third kappa shape index (κ3) is 2.30. The zero-order chi connectivity index (χ0) is 11.5. The van der Waals surface area contributed by atoms with Crippen LogP contribution in [0.15, 0.2) is 23.1 Å². The maximum Gasteiger partial charge on any atom is 0.255 e. The Morgan fingerprint density at radius 2 is 2.31 bits per heavy atom. The average molecular weight is 221 g/mol. The molecule has 86 valence electrons. The highest BCUT2D eigenvalue weighted by Crippen LogP contribution is 2.11. The number of rotatable bonds is 1. The van der Waals surface area contributed by atoms with Crippen molar-refractivity contribution < 1.29 is 4.79 Å². The number of H-pyrrole nitrogens is 1. The molecule has 1 saturated heterocycles. The average Bonchev–Trinajstić information content (AvgIpc) is 2.29. The minimum atomic E-state index is -0.202. The number of nitrogens with zero attached hydrogens (tertiary/aromatic N) is 1. The van der Waals surface area contributed by atoms with Crippen molar-refractivity contribution >= 4 is 5.91 Å². The topological polar surface area (TPSA) is 79.2 Å². The second-order valence-corrected chi connectivity index (χ2v) is 4.10. The molecule has 2 rings (SSSR count). The van der Waals surface area contributed by atoms with Crippen LogP contribution in [0.2, 0.25) is 0 Å². The van der Waals surface area contributed by atoms with E-state index in [2.05, 4.69) is 4.98 Å². The molecule has 0 bridgehead atoms. The normalized spacial score (nSPS) is 20.8. The van der Waals surface area contributed by atoms with Crippen LogP contribution in [-0.2, 0) is 0 Å². The molecule has 0 aromatic carbocycles. The summed E-state index contributed by atoms with van der Waals surface area (Å²) in [7, 11) is 0. The Morgan fingerprint density at radius 3 is 2.94 bits per heavy atom. The van der Waals surface area contributed by atoms with Gasteiger partial charge >= 0.3 is 0 Å². The lowest BCUT2D eigenvalue weighted by molar-refractivity contribution is 0.0708. The third-order valence-corrected chi connectivity index (χ3v) is 2.78. The summed E-state index contributed by atoms with van der Waals surface area (Å²) in [5, 5.41) is 0. The lowest BCUT2D eigenvalue weighted by atomic mass is 10.1. The molecule has 1 atom stereocenters. The molecule has 1 aromatic rings. The maximum absolute atomic E-state index is 12.0. The molecule has 5 heteroatoms. The Bertz CT molecular complexity index is 421. The zero-order valence-electron chi connectivity index (χ0n) is 8.98. The van der Waals surface area contributed by atoms with Gasteiger partial charge in [0, 0.05) is 31.4 Å². The van der Waals surface area contributed by atoms with Gasteiger partial charge in [-0.1, -0.05) is 0 Å². The lowest BCUT2D eigenvalue weighted by Gasteiger charge is -2.30. The minimum Gasteiger partial charge on any atom is -0.337 e. The summed E-state index contributed by atoms with van der Waals surface area (Å²) in [5.74, 6) is -0.0635. The summed E-state index contributed by atoms with van der Waals surface area (Å²) in [5.41, 5.74) is 6.12. The SMILES string of the molecule is N[C@@H]1CCCN(C(=O)c2ccc(=O)[nH]c2)C1. The number of hydrogen-bond donors (Lipinski definition) is 2. The van der Waals surface area contributed by atoms with E-state index in [9.17, 15) is 9.59 Å². The molecule has 16 heavy (non-hydrogen) atoms. The zero-order valence-corrected chi connectivity index (χ0v) is 8.98. The van der Waals surface area contributed by atoms with Crippen molar-refractivity contribution in [1.29, 1.82) is 0 Å². The van der Waals surface area contributed by atoms with Crippen molar-refractivity contribution in [3.63, 3.8) is 0 Å². The Morgan fingerprint density at radius 1 is 1.50 bits per heavy atom. The van der Waals surface area contributed by atoms with E-state index in [-0.39, 0.29) is 17.5 Å². The first-order valence-electron chi connectivity index (χ1n) is 5.40. The summed E-state index contributed by atoms with van der Waals surface area (Å²) < 4.78 is 0. The molecule has 1 amide bonds. The quantitative estimate of drug-likeness (QED) is 0.697. The van der Waals surface area contributed by atoms with Crippen LogP contribution < -0.4 is 11.3 Å². The van der Waals surface area contributed by atoms with Gasteiger partial charge in [-0.2, -0.15) is 0 Å². The molecule has 0 radical (unpaired) electrons. The monoisotopic (exact) mass is 221 g/mol. The summed E-state index contributed by atoms with van der Waals surface area (Å²) in [4.78, 5) is 27.1. The molecule has 0 unspecified atom stereocenters. The van der Waals surface area contributed by atoms with E-state index >= 15 is 0 Å². The van der Waals surface area contributed by atoms with E-state index in [0.717, 1.165) is 19.4 Å². The van der Waals surface area contributed by atoms with Crippen molar-refractivity contribution in [2.75, 3.05) is 13.1 Å². The molecule has 1 aliphatic heterocycles. The number of nitrogens with two attached hydrogens (primary N) is 1. The number of carbonyl (C=O) groups excluding carboxylic acids is 1. The highest BCUT2D eigenvalue weighted by atomic mass is 16.2. The highest BCUT2D eigenvalue weighted by Gasteiger charge is 2.22. The number of amides is 1. The summed E-state index contributed by atoms with van der Waals surface area (Å²) in [6, 6.07) is 2.97. The number of nitrogens with one attached hydrogen (secondary N) is 1. The summed E-state index contributed by atoms with van der Waals surface area (Å²) in [6.45, 7) is 1.34. The smallest absolute Gasteiger partial charge is 0.255 e. The number of pyridine rings is 1. The van der Waals surface area contributed by atoms with Gasteiger partial charge in [-0.05, 0) is 18.9 Å². The van der Waals surface area contributed by atoms with Crippen molar-refractivity contribution in [2.24, 2.45) is 5.73 Å². The van der Waals surface area contributed by atoms with Gasteiger partial charge < -0.3 is 15.6 Å². The van der Waals surface area contributed by atoms with E-state index < -0.39 is 0 Å². The number of aromatic nitrogens is 1. The van der Waals surface area contributed by atoms with Crippen LogP contribution in [0, 0.1) is 0 Å². The Labute approximate surface area is 93.3 Å². The molecule has 1 aliphatic rings. The van der Waals surface area contributed by atoms with E-state index in [1.54, 1.807) is 11.0 Å². The van der Waals surface area contributed by atoms with Gasteiger partial charge in [0.25, 0.3) is 5.91 Å². The first-order valence-corrected chi connectivity index (χ1v) is 5.40. The molecular formula is C11H15N3O2. The van der Waals surface area contributed by atoms with Crippen LogP contribution in [0.25, 0.3) is 0 Å². The molecule has 2 heterocycles. The molecular weight excluding hydrogens is 206 g/mol. The summed E-state index contributed by atoms with van der Waals surface area (Å²) in [6.07, 6.45) is 3.36. The molecule has 0 spiro atoms. The Balaban J connectivity index is 2.12. The van der Waals surface area contributed by atoms with Crippen molar-refractivity contribution in [1.82, 2.24) is 9.88 Å². The largest absolute Gasteiger partial charge is 0.337 e. The number of carbonyl (C=O) groups is 1. The number of hydrogen-bond acceptors (Lipinski definition) is 3. The van der Waals surface area contributed by atoms with Gasteiger partial charge in [-0.25, -0.2) is 0 Å². The van der Waals surface area contributed by atoms with Gasteiger partial charge in [0.15, 0.2) is 0 Å². The molecule has 3 N–H and O–H groups in total. The maximum atomic E-state index is 12.0. The van der Waals surface area contributed by atoms with E-state index in [0.29, 0.717) is 12.1 Å². The standard InChI is InChI=1S/C11H15N3O2/c12-9-2-1-5-14(7-9)11(16)8-3-4-10(15)13-6-8/h3-4,6,9H,1-2,5,7,12H2,(H,13,15)/t9-/m1/s1. The van der Waals surface area contributed by atoms with Crippen LogP contribution in [0.3, 0.4) is 0 Å². The van der Waals surface area contributed by atoms with Gasteiger partial charge in [0.05, 0.1) is 5.56 Å². The van der Waals surface area contributed by atoms with Gasteiger partial charge in [0.2, 0.25) is 5.56 Å². The number of aromatic amines is 1. The van der Waals surface area contributed by atoms with Gasteiger partial charge in [0.1, 0.15) is 0 Å². The van der Waals surface area contributed by atoms with E-state index in [1.807, 2.05) is 0 Å². The van der Waals surface area contributed by atoms with Crippen LogP contribution in [0.1, 0.15) is 23.2 Å². The molecule has 1 aromatic heterocycles. The van der Waals surface area contributed by atoms with Crippen LogP contribution in [0.5, 0.6) is 0 Å². The number of likely N-dealkylation sites (tertiary alicyclic amines) is 1. The fourth-order valence-electron chi connectivity index (χ4n) is 1.92. The van der Waals surface area contributed by atoms with Crippen LogP contribution in [0.4, 0.5) is 0 Å². The Hall–Kier alpha value is -1.62.